The van der Waals surface area contributed by atoms with Crippen molar-refractivity contribution in [2.45, 2.75) is 13.0 Å². The Hall–Kier alpha value is -3.15. The van der Waals surface area contributed by atoms with Crippen molar-refractivity contribution in [2.24, 2.45) is 0 Å². The highest BCUT2D eigenvalue weighted by Crippen LogP contribution is 2.42. The first-order chi connectivity index (χ1) is 14.6. The molecule has 1 aliphatic carbocycles. The van der Waals surface area contributed by atoms with Crippen molar-refractivity contribution in [3.8, 4) is 22.6 Å². The summed E-state index contributed by atoms with van der Waals surface area (Å²) in [6.45, 7) is 3.67. The molecular formula is C25H25NO4. The number of hydrogen-bond acceptors (Lipinski definition) is 5. The fourth-order valence-corrected chi connectivity index (χ4v) is 3.63. The predicted molar refractivity (Wildman–Crippen MR) is 116 cm³/mol. The van der Waals surface area contributed by atoms with Crippen molar-refractivity contribution in [1.82, 2.24) is 5.32 Å². The van der Waals surface area contributed by atoms with Crippen LogP contribution in [0, 0.1) is 6.92 Å². The number of aryl methyl sites for hydroxylation is 1. The maximum absolute atomic E-state index is 12.6. The molecule has 0 aliphatic heterocycles. The van der Waals surface area contributed by atoms with Crippen LogP contribution >= 0.6 is 0 Å². The van der Waals surface area contributed by atoms with Crippen LogP contribution in [0.15, 0.2) is 66.7 Å². The van der Waals surface area contributed by atoms with Gasteiger partial charge in [0.2, 0.25) is 0 Å². The number of ketones is 1. The third-order valence-electron chi connectivity index (χ3n) is 5.15. The van der Waals surface area contributed by atoms with E-state index in [4.69, 9.17) is 9.47 Å². The SMILES string of the molecule is Cc1ccccc1OCCNCC(O)COc1cccc2c1-c1ccccc1C2=O. The van der Waals surface area contributed by atoms with Crippen LogP contribution in [0.3, 0.4) is 0 Å². The van der Waals surface area contributed by atoms with Crippen LogP contribution in [-0.2, 0) is 0 Å². The average Bonchev–Trinajstić information content (AvgIpc) is 3.06. The molecule has 0 spiro atoms. The summed E-state index contributed by atoms with van der Waals surface area (Å²) < 4.78 is 11.6. The molecule has 5 nitrogen and oxygen atoms in total. The Morgan fingerprint density at radius 1 is 0.867 bits per heavy atom. The molecule has 0 bridgehead atoms. The highest BCUT2D eigenvalue weighted by molar-refractivity contribution is 6.22. The number of nitrogens with one attached hydrogen (secondary N) is 1. The van der Waals surface area contributed by atoms with E-state index >= 15 is 0 Å². The molecule has 3 aromatic rings. The minimum absolute atomic E-state index is 0.0157. The summed E-state index contributed by atoms with van der Waals surface area (Å²) in [5, 5.41) is 13.4. The van der Waals surface area contributed by atoms with Crippen LogP contribution in [0.4, 0.5) is 0 Å². The number of para-hydroxylation sites is 1. The predicted octanol–water partition coefficient (Wildman–Crippen LogP) is 3.61. The highest BCUT2D eigenvalue weighted by atomic mass is 16.5. The van der Waals surface area contributed by atoms with Crippen molar-refractivity contribution < 1.29 is 19.4 Å². The van der Waals surface area contributed by atoms with E-state index in [2.05, 4.69) is 5.32 Å². The van der Waals surface area contributed by atoms with Gasteiger partial charge in [0.15, 0.2) is 5.78 Å². The van der Waals surface area contributed by atoms with E-state index in [0.29, 0.717) is 36.6 Å². The molecule has 30 heavy (non-hydrogen) atoms. The zero-order chi connectivity index (χ0) is 20.9. The summed E-state index contributed by atoms with van der Waals surface area (Å²) in [7, 11) is 0. The Morgan fingerprint density at radius 2 is 1.57 bits per heavy atom. The molecule has 3 aromatic carbocycles. The molecule has 154 valence electrons. The lowest BCUT2D eigenvalue weighted by Gasteiger charge is -2.16. The molecule has 0 radical (unpaired) electrons. The maximum Gasteiger partial charge on any atom is 0.194 e. The number of hydrogen-bond donors (Lipinski definition) is 2. The molecule has 1 aliphatic rings. The number of carbonyl (C=O) groups is 1. The summed E-state index contributed by atoms with van der Waals surface area (Å²) in [5.41, 5.74) is 4.13. The smallest absolute Gasteiger partial charge is 0.194 e. The molecule has 0 fully saturated rings. The van der Waals surface area contributed by atoms with Crippen LogP contribution in [0.1, 0.15) is 21.5 Å². The topological polar surface area (TPSA) is 67.8 Å². The van der Waals surface area contributed by atoms with Crippen molar-refractivity contribution >= 4 is 5.78 Å². The van der Waals surface area contributed by atoms with E-state index in [-0.39, 0.29) is 12.4 Å². The van der Waals surface area contributed by atoms with Crippen LogP contribution < -0.4 is 14.8 Å². The second kappa shape index (κ2) is 9.11. The molecule has 5 heteroatoms. The number of carbonyl (C=O) groups excluding carboxylic acids is 1. The van der Waals surface area contributed by atoms with Gasteiger partial charge in [0.1, 0.15) is 30.8 Å². The minimum atomic E-state index is -0.674. The Morgan fingerprint density at radius 3 is 2.40 bits per heavy atom. The number of fused-ring (bicyclic) bond motifs is 3. The molecule has 1 unspecified atom stereocenters. The first-order valence-corrected chi connectivity index (χ1v) is 10.1. The lowest BCUT2D eigenvalue weighted by Crippen LogP contribution is -2.33. The Kier molecular flexibility index (Phi) is 6.12. The molecule has 0 amide bonds. The fraction of sp³-hybridized carbons (Fsp3) is 0.240. The monoisotopic (exact) mass is 403 g/mol. The summed E-state index contributed by atoms with van der Waals surface area (Å²) >= 11 is 0. The van der Waals surface area contributed by atoms with Gasteiger partial charge in [-0.3, -0.25) is 4.79 Å². The number of benzene rings is 3. The van der Waals surface area contributed by atoms with Crippen molar-refractivity contribution in [3.63, 3.8) is 0 Å². The number of rotatable bonds is 9. The van der Waals surface area contributed by atoms with Gasteiger partial charge in [-0.05, 0) is 30.2 Å². The summed E-state index contributed by atoms with van der Waals surface area (Å²) in [5.74, 6) is 1.51. The first-order valence-electron chi connectivity index (χ1n) is 10.1. The molecule has 0 saturated carbocycles. The Labute approximate surface area is 176 Å². The molecular weight excluding hydrogens is 378 g/mol. The van der Waals surface area contributed by atoms with E-state index in [1.54, 1.807) is 0 Å². The average molecular weight is 403 g/mol. The van der Waals surface area contributed by atoms with Gasteiger partial charge < -0.3 is 19.9 Å². The third-order valence-corrected chi connectivity index (χ3v) is 5.15. The minimum Gasteiger partial charge on any atom is -0.492 e. The first kappa shape index (κ1) is 20.1. The van der Waals surface area contributed by atoms with Gasteiger partial charge in [0, 0.05) is 29.8 Å². The summed E-state index contributed by atoms with van der Waals surface area (Å²) in [6.07, 6.45) is -0.674. The molecule has 2 N–H and O–H groups in total. The Bertz CT molecular complexity index is 1050. The molecule has 0 heterocycles. The van der Waals surface area contributed by atoms with E-state index < -0.39 is 6.10 Å². The van der Waals surface area contributed by atoms with Gasteiger partial charge >= 0.3 is 0 Å². The quantitative estimate of drug-likeness (QED) is 0.418. The Balaban J connectivity index is 1.27. The molecule has 0 aromatic heterocycles. The van der Waals surface area contributed by atoms with E-state index in [1.165, 1.54) is 0 Å². The fourth-order valence-electron chi connectivity index (χ4n) is 3.63. The highest BCUT2D eigenvalue weighted by Gasteiger charge is 2.29. The van der Waals surface area contributed by atoms with E-state index in [1.807, 2.05) is 73.7 Å². The second-order valence-corrected chi connectivity index (χ2v) is 7.34. The van der Waals surface area contributed by atoms with Gasteiger partial charge in [0.25, 0.3) is 0 Å². The van der Waals surface area contributed by atoms with Gasteiger partial charge in [-0.1, -0.05) is 54.6 Å². The van der Waals surface area contributed by atoms with Crippen LogP contribution in [0.2, 0.25) is 0 Å². The van der Waals surface area contributed by atoms with Crippen molar-refractivity contribution in [1.29, 1.82) is 0 Å². The maximum atomic E-state index is 12.6. The zero-order valence-electron chi connectivity index (χ0n) is 16.9. The standard InChI is InChI=1S/C25H25NO4/c1-17-7-2-5-11-22(17)29-14-13-26-15-18(27)16-30-23-12-6-10-21-24(23)19-8-3-4-9-20(19)25(21)28/h2-12,18,26-27H,13-16H2,1H3. The normalized spacial score (nSPS) is 12.9. The summed E-state index contributed by atoms with van der Waals surface area (Å²) in [4.78, 5) is 12.6. The summed E-state index contributed by atoms with van der Waals surface area (Å²) in [6, 6.07) is 20.9. The van der Waals surface area contributed by atoms with Crippen molar-refractivity contribution in [3.05, 3.63) is 83.4 Å². The largest absolute Gasteiger partial charge is 0.492 e. The lowest BCUT2D eigenvalue weighted by molar-refractivity contribution is 0.104. The van der Waals surface area contributed by atoms with Crippen LogP contribution in [0.25, 0.3) is 11.1 Å². The second-order valence-electron chi connectivity index (χ2n) is 7.34. The number of ether oxygens (including phenoxy) is 2. The number of aliphatic hydroxyl groups excluding tert-OH is 1. The number of aliphatic hydroxyl groups is 1. The lowest BCUT2D eigenvalue weighted by atomic mass is 10.0. The molecule has 4 rings (SSSR count). The van der Waals surface area contributed by atoms with E-state index in [0.717, 1.165) is 22.4 Å². The van der Waals surface area contributed by atoms with Crippen molar-refractivity contribution in [2.75, 3.05) is 26.3 Å². The van der Waals surface area contributed by atoms with E-state index in [9.17, 15) is 9.90 Å². The van der Waals surface area contributed by atoms with Gasteiger partial charge in [-0.25, -0.2) is 0 Å². The van der Waals surface area contributed by atoms with Crippen LogP contribution in [-0.4, -0.2) is 43.3 Å². The van der Waals surface area contributed by atoms with Gasteiger partial charge in [0.05, 0.1) is 0 Å². The molecule has 1 atom stereocenters. The third kappa shape index (κ3) is 4.22. The molecule has 0 saturated heterocycles. The van der Waals surface area contributed by atoms with Gasteiger partial charge in [-0.2, -0.15) is 0 Å². The zero-order valence-corrected chi connectivity index (χ0v) is 16.9. The van der Waals surface area contributed by atoms with Gasteiger partial charge in [-0.15, -0.1) is 0 Å². The van der Waals surface area contributed by atoms with Crippen LogP contribution in [0.5, 0.6) is 11.5 Å².